The molecule has 0 aliphatic rings. The highest BCUT2D eigenvalue weighted by Crippen LogP contribution is 2.27. The maximum atomic E-state index is 6.20. The molecule has 0 aliphatic carbocycles. The molecule has 2 aromatic rings. The molecule has 1 unspecified atom stereocenters. The fourth-order valence-electron chi connectivity index (χ4n) is 1.89. The van der Waals surface area contributed by atoms with E-state index in [1.54, 1.807) is 25.4 Å². The predicted molar refractivity (Wildman–Crippen MR) is 77.9 cm³/mol. The fraction of sp³-hybridized carbons (Fsp3) is 0.214. The van der Waals surface area contributed by atoms with Gasteiger partial charge in [-0.25, -0.2) is 4.98 Å². The van der Waals surface area contributed by atoms with Gasteiger partial charge in [0.15, 0.2) is 0 Å². The Labute approximate surface area is 122 Å². The first-order chi connectivity index (χ1) is 9.11. The number of benzene rings is 1. The van der Waals surface area contributed by atoms with Crippen molar-refractivity contribution in [2.24, 2.45) is 5.73 Å². The number of pyridine rings is 1. The van der Waals surface area contributed by atoms with Crippen LogP contribution in [0.3, 0.4) is 0 Å². The molecule has 1 aromatic carbocycles. The van der Waals surface area contributed by atoms with E-state index in [1.165, 1.54) is 0 Å². The maximum Gasteiger partial charge on any atom is 0.217 e. The molecule has 0 fully saturated rings. The second kappa shape index (κ2) is 6.24. The number of hydrogen-bond donors (Lipinski definition) is 1. The van der Waals surface area contributed by atoms with Gasteiger partial charge >= 0.3 is 0 Å². The Morgan fingerprint density at radius 3 is 2.79 bits per heavy atom. The van der Waals surface area contributed by atoms with Crippen molar-refractivity contribution >= 4 is 23.2 Å². The van der Waals surface area contributed by atoms with Crippen LogP contribution in [-0.4, -0.2) is 12.1 Å². The number of aromatic nitrogens is 1. The summed E-state index contributed by atoms with van der Waals surface area (Å²) in [4.78, 5) is 4.14. The van der Waals surface area contributed by atoms with Gasteiger partial charge in [0.05, 0.1) is 7.11 Å². The second-order valence-electron chi connectivity index (χ2n) is 4.15. The second-order valence-corrected chi connectivity index (χ2v) is 4.99. The van der Waals surface area contributed by atoms with Crippen molar-refractivity contribution in [2.75, 3.05) is 7.11 Å². The molecule has 0 saturated heterocycles. The average Bonchev–Trinajstić information content (AvgIpc) is 2.41. The van der Waals surface area contributed by atoms with E-state index in [1.807, 2.05) is 18.2 Å². The Morgan fingerprint density at radius 2 is 2.11 bits per heavy atom. The van der Waals surface area contributed by atoms with Gasteiger partial charge in [0, 0.05) is 27.8 Å². The van der Waals surface area contributed by atoms with Crippen molar-refractivity contribution in [1.29, 1.82) is 0 Å². The van der Waals surface area contributed by atoms with Crippen LogP contribution >= 0.6 is 23.2 Å². The van der Waals surface area contributed by atoms with Crippen LogP contribution in [0.2, 0.25) is 10.0 Å². The molecule has 1 atom stereocenters. The molecule has 0 radical (unpaired) electrons. The summed E-state index contributed by atoms with van der Waals surface area (Å²) in [5.74, 6) is 0.542. The first kappa shape index (κ1) is 14.1. The van der Waals surface area contributed by atoms with Crippen molar-refractivity contribution in [3.05, 3.63) is 57.7 Å². The topological polar surface area (TPSA) is 48.1 Å². The van der Waals surface area contributed by atoms with E-state index in [4.69, 9.17) is 33.7 Å². The molecule has 19 heavy (non-hydrogen) atoms. The van der Waals surface area contributed by atoms with Crippen molar-refractivity contribution in [3.63, 3.8) is 0 Å². The Bertz CT molecular complexity index is 575. The van der Waals surface area contributed by atoms with Crippen molar-refractivity contribution < 1.29 is 4.74 Å². The molecule has 1 heterocycles. The molecule has 2 N–H and O–H groups in total. The summed E-state index contributed by atoms with van der Waals surface area (Å²) in [7, 11) is 1.58. The van der Waals surface area contributed by atoms with E-state index in [9.17, 15) is 0 Å². The van der Waals surface area contributed by atoms with Gasteiger partial charge in [0.2, 0.25) is 5.88 Å². The molecule has 5 heteroatoms. The number of nitrogens with zero attached hydrogens (tertiary/aromatic N) is 1. The van der Waals surface area contributed by atoms with Crippen LogP contribution in [0, 0.1) is 0 Å². The minimum absolute atomic E-state index is 0.234. The highest BCUT2D eigenvalue weighted by atomic mass is 35.5. The van der Waals surface area contributed by atoms with Crippen molar-refractivity contribution in [2.45, 2.75) is 12.5 Å². The zero-order chi connectivity index (χ0) is 13.8. The van der Waals surface area contributed by atoms with Gasteiger partial charge in [-0.05, 0) is 30.2 Å². The Hall–Kier alpha value is -1.29. The molecule has 0 spiro atoms. The quantitative estimate of drug-likeness (QED) is 0.937. The third kappa shape index (κ3) is 3.38. The van der Waals surface area contributed by atoms with Gasteiger partial charge in [0.25, 0.3) is 0 Å². The Balaban J connectivity index is 2.23. The predicted octanol–water partition coefficient (Wildman–Crippen LogP) is 3.64. The van der Waals surface area contributed by atoms with E-state index in [-0.39, 0.29) is 6.04 Å². The van der Waals surface area contributed by atoms with Crippen LogP contribution in [0.4, 0.5) is 0 Å². The maximum absolute atomic E-state index is 6.20. The molecule has 0 saturated carbocycles. The van der Waals surface area contributed by atoms with Crippen molar-refractivity contribution in [1.82, 2.24) is 4.98 Å². The summed E-state index contributed by atoms with van der Waals surface area (Å²) < 4.78 is 5.21. The molecule has 2 rings (SSSR count). The van der Waals surface area contributed by atoms with Crippen LogP contribution in [-0.2, 0) is 6.42 Å². The van der Waals surface area contributed by atoms with E-state index in [0.29, 0.717) is 22.3 Å². The molecule has 0 amide bonds. The lowest BCUT2D eigenvalue weighted by Crippen LogP contribution is -2.15. The molecule has 0 aliphatic heterocycles. The van der Waals surface area contributed by atoms with Crippen LogP contribution < -0.4 is 10.5 Å². The van der Waals surface area contributed by atoms with Gasteiger partial charge in [0.1, 0.15) is 0 Å². The smallest absolute Gasteiger partial charge is 0.217 e. The van der Waals surface area contributed by atoms with E-state index in [2.05, 4.69) is 4.98 Å². The summed E-state index contributed by atoms with van der Waals surface area (Å²) in [5.41, 5.74) is 8.00. The van der Waals surface area contributed by atoms with E-state index < -0.39 is 0 Å². The van der Waals surface area contributed by atoms with Crippen molar-refractivity contribution in [3.8, 4) is 5.88 Å². The number of methoxy groups -OCH3 is 1. The fourth-order valence-corrected chi connectivity index (χ4v) is 2.38. The largest absolute Gasteiger partial charge is 0.481 e. The zero-order valence-corrected chi connectivity index (χ0v) is 11.9. The number of halogens is 2. The molecule has 0 bridgehead atoms. The monoisotopic (exact) mass is 296 g/mol. The van der Waals surface area contributed by atoms with Gasteiger partial charge < -0.3 is 10.5 Å². The number of nitrogens with two attached hydrogens (primary N) is 1. The van der Waals surface area contributed by atoms with Gasteiger partial charge in [-0.15, -0.1) is 0 Å². The average molecular weight is 297 g/mol. The molecule has 3 nitrogen and oxygen atoms in total. The summed E-state index contributed by atoms with van der Waals surface area (Å²) in [6.45, 7) is 0. The number of rotatable bonds is 4. The van der Waals surface area contributed by atoms with Crippen LogP contribution in [0.5, 0.6) is 5.88 Å². The number of hydrogen-bond acceptors (Lipinski definition) is 3. The highest BCUT2D eigenvalue weighted by molar-refractivity contribution is 6.35. The first-order valence-corrected chi connectivity index (χ1v) is 6.56. The van der Waals surface area contributed by atoms with Crippen LogP contribution in [0.25, 0.3) is 0 Å². The highest BCUT2D eigenvalue weighted by Gasteiger charge is 2.14. The Morgan fingerprint density at radius 1 is 1.32 bits per heavy atom. The van der Waals surface area contributed by atoms with Gasteiger partial charge in [-0.2, -0.15) is 0 Å². The third-order valence-electron chi connectivity index (χ3n) is 2.85. The number of ether oxygens (including phenoxy) is 1. The minimum Gasteiger partial charge on any atom is -0.481 e. The Kier molecular flexibility index (Phi) is 4.64. The summed E-state index contributed by atoms with van der Waals surface area (Å²) in [5, 5.41) is 1.23. The van der Waals surface area contributed by atoms with E-state index >= 15 is 0 Å². The summed E-state index contributed by atoms with van der Waals surface area (Å²) >= 11 is 12.0. The minimum atomic E-state index is -0.234. The lowest BCUT2D eigenvalue weighted by molar-refractivity contribution is 0.388. The molecular formula is C14H14Cl2N2O. The first-order valence-electron chi connectivity index (χ1n) is 5.80. The third-order valence-corrected chi connectivity index (χ3v) is 3.44. The van der Waals surface area contributed by atoms with Gasteiger partial charge in [-0.3, -0.25) is 0 Å². The summed E-state index contributed by atoms with van der Waals surface area (Å²) in [6.07, 6.45) is 2.27. The molecule has 100 valence electrons. The zero-order valence-electron chi connectivity index (χ0n) is 10.4. The standard InChI is InChI=1S/C14H14Cl2N2O/c1-19-14-11(3-2-6-18-14)13(17)7-9-4-5-10(15)8-12(9)16/h2-6,8,13H,7,17H2,1H3. The van der Waals surface area contributed by atoms with E-state index in [0.717, 1.165) is 11.1 Å². The lowest BCUT2D eigenvalue weighted by atomic mass is 10.0. The molecule has 1 aromatic heterocycles. The SMILES string of the molecule is COc1ncccc1C(N)Cc1ccc(Cl)cc1Cl. The lowest BCUT2D eigenvalue weighted by Gasteiger charge is -2.15. The van der Waals surface area contributed by atoms with Gasteiger partial charge in [-0.1, -0.05) is 35.3 Å². The molecular weight excluding hydrogens is 283 g/mol. The van der Waals surface area contributed by atoms with Crippen LogP contribution in [0.1, 0.15) is 17.2 Å². The summed E-state index contributed by atoms with van der Waals surface area (Å²) in [6, 6.07) is 8.90. The van der Waals surface area contributed by atoms with Crippen LogP contribution in [0.15, 0.2) is 36.5 Å². The normalized spacial score (nSPS) is 12.2.